The molecule has 0 aromatic heterocycles. The van der Waals surface area contributed by atoms with Crippen LogP contribution in [0.1, 0.15) is 15.9 Å². The summed E-state index contributed by atoms with van der Waals surface area (Å²) in [6.07, 6.45) is -3.49. The normalized spacial score (nSPS) is 11.4. The van der Waals surface area contributed by atoms with Crippen LogP contribution in [0.4, 0.5) is 24.5 Å². The van der Waals surface area contributed by atoms with E-state index in [2.05, 4.69) is 10.6 Å². The van der Waals surface area contributed by atoms with E-state index in [1.807, 2.05) is 0 Å². The molecule has 0 heterocycles. The van der Waals surface area contributed by atoms with E-state index in [9.17, 15) is 22.8 Å². The Kier molecular flexibility index (Phi) is 5.82. The number of carbonyl (C=O) groups excluding carboxylic acids is 1. The standard InChI is InChI=1S/C18H12F3N3O3/c19-18(20,21)13-2-1-3-15(8-13)24-16(25)12(9-22)10-23-14-6-4-11(5-7-14)17(26)27/h1-8,10,23H,(H,24,25)(H,26,27)/b12-10-. The van der Waals surface area contributed by atoms with Crippen LogP contribution >= 0.6 is 0 Å². The summed E-state index contributed by atoms with van der Waals surface area (Å²) in [5.74, 6) is -2.00. The minimum absolute atomic E-state index is 0.0623. The summed E-state index contributed by atoms with van der Waals surface area (Å²) in [7, 11) is 0. The summed E-state index contributed by atoms with van der Waals surface area (Å²) in [6, 6.07) is 11.2. The number of anilines is 2. The topological polar surface area (TPSA) is 102 Å². The molecule has 0 atom stereocenters. The zero-order valence-electron chi connectivity index (χ0n) is 13.5. The summed E-state index contributed by atoms with van der Waals surface area (Å²) in [6.45, 7) is 0. The van der Waals surface area contributed by atoms with Gasteiger partial charge in [0.05, 0.1) is 11.1 Å². The van der Waals surface area contributed by atoms with Crippen molar-refractivity contribution in [1.82, 2.24) is 0 Å². The number of hydrogen-bond donors (Lipinski definition) is 3. The van der Waals surface area contributed by atoms with Gasteiger partial charge in [-0.25, -0.2) is 4.79 Å². The number of aromatic carboxylic acids is 1. The highest BCUT2D eigenvalue weighted by Crippen LogP contribution is 2.30. The first-order chi connectivity index (χ1) is 12.7. The molecule has 0 aliphatic rings. The first-order valence-electron chi connectivity index (χ1n) is 7.39. The number of nitrogens with one attached hydrogen (secondary N) is 2. The number of hydrogen-bond acceptors (Lipinski definition) is 4. The highest BCUT2D eigenvalue weighted by molar-refractivity contribution is 6.06. The molecule has 0 spiro atoms. The molecule has 138 valence electrons. The quantitative estimate of drug-likeness (QED) is 0.544. The van der Waals surface area contributed by atoms with E-state index >= 15 is 0 Å². The minimum Gasteiger partial charge on any atom is -0.478 e. The van der Waals surface area contributed by atoms with Crippen molar-refractivity contribution >= 4 is 23.3 Å². The van der Waals surface area contributed by atoms with Gasteiger partial charge in [0, 0.05) is 17.6 Å². The van der Waals surface area contributed by atoms with Crippen molar-refractivity contribution in [1.29, 1.82) is 5.26 Å². The first kappa shape index (κ1) is 19.5. The van der Waals surface area contributed by atoms with E-state index in [4.69, 9.17) is 10.4 Å². The van der Waals surface area contributed by atoms with Gasteiger partial charge in [0.15, 0.2) is 0 Å². The van der Waals surface area contributed by atoms with Gasteiger partial charge in [-0.3, -0.25) is 4.79 Å². The number of rotatable bonds is 5. The molecule has 0 saturated heterocycles. The third kappa shape index (κ3) is 5.34. The summed E-state index contributed by atoms with van der Waals surface area (Å²) in [5.41, 5.74) is -0.942. The van der Waals surface area contributed by atoms with Gasteiger partial charge in [0.1, 0.15) is 11.6 Å². The molecule has 0 aliphatic heterocycles. The van der Waals surface area contributed by atoms with Crippen molar-refractivity contribution in [2.75, 3.05) is 10.6 Å². The Bertz CT molecular complexity index is 929. The predicted molar refractivity (Wildman–Crippen MR) is 90.8 cm³/mol. The van der Waals surface area contributed by atoms with Crippen LogP contribution < -0.4 is 10.6 Å². The highest BCUT2D eigenvalue weighted by atomic mass is 19.4. The maximum absolute atomic E-state index is 12.7. The SMILES string of the molecule is N#C/C(=C/Nc1ccc(C(=O)O)cc1)C(=O)Nc1cccc(C(F)(F)F)c1. The van der Waals surface area contributed by atoms with Gasteiger partial charge in [-0.05, 0) is 42.5 Å². The molecule has 0 aliphatic carbocycles. The molecule has 6 nitrogen and oxygen atoms in total. The number of nitriles is 1. The Morgan fingerprint density at radius 2 is 1.74 bits per heavy atom. The lowest BCUT2D eigenvalue weighted by Gasteiger charge is -2.09. The van der Waals surface area contributed by atoms with Crippen LogP contribution in [-0.2, 0) is 11.0 Å². The minimum atomic E-state index is -4.56. The lowest BCUT2D eigenvalue weighted by molar-refractivity contribution is -0.137. The molecule has 0 bridgehead atoms. The van der Waals surface area contributed by atoms with Crippen LogP contribution in [0.5, 0.6) is 0 Å². The van der Waals surface area contributed by atoms with E-state index in [1.54, 1.807) is 6.07 Å². The van der Waals surface area contributed by atoms with E-state index in [-0.39, 0.29) is 16.8 Å². The van der Waals surface area contributed by atoms with Gasteiger partial charge in [0.2, 0.25) is 0 Å². The van der Waals surface area contributed by atoms with Crippen LogP contribution in [0.25, 0.3) is 0 Å². The molecule has 0 unspecified atom stereocenters. The lowest BCUT2D eigenvalue weighted by Crippen LogP contribution is -2.15. The second kappa shape index (κ2) is 8.05. The summed E-state index contributed by atoms with van der Waals surface area (Å²) < 4.78 is 38.1. The predicted octanol–water partition coefficient (Wildman–Crippen LogP) is 3.86. The molecule has 0 fully saturated rings. The van der Waals surface area contributed by atoms with Crippen LogP contribution in [0.2, 0.25) is 0 Å². The fourth-order valence-electron chi connectivity index (χ4n) is 1.98. The van der Waals surface area contributed by atoms with Gasteiger partial charge in [-0.1, -0.05) is 6.07 Å². The van der Waals surface area contributed by atoms with Crippen LogP contribution in [0, 0.1) is 11.3 Å². The molecular weight excluding hydrogens is 363 g/mol. The number of alkyl halides is 3. The molecule has 1 amide bonds. The van der Waals surface area contributed by atoms with E-state index in [1.165, 1.54) is 30.3 Å². The number of carboxylic acids is 1. The van der Waals surface area contributed by atoms with Gasteiger partial charge < -0.3 is 15.7 Å². The van der Waals surface area contributed by atoms with Crippen molar-refractivity contribution < 1.29 is 27.9 Å². The molecule has 2 aromatic carbocycles. The second-order valence-electron chi connectivity index (χ2n) is 5.23. The number of amides is 1. The Hall–Kier alpha value is -3.80. The second-order valence-corrected chi connectivity index (χ2v) is 5.23. The van der Waals surface area contributed by atoms with Gasteiger partial charge in [-0.15, -0.1) is 0 Å². The molecule has 27 heavy (non-hydrogen) atoms. The summed E-state index contributed by atoms with van der Waals surface area (Å²) in [5, 5.41) is 22.8. The number of carboxylic acid groups (broad SMARTS) is 1. The monoisotopic (exact) mass is 375 g/mol. The average molecular weight is 375 g/mol. The van der Waals surface area contributed by atoms with Crippen LogP contribution in [0.3, 0.4) is 0 Å². The molecular formula is C18H12F3N3O3. The molecule has 0 saturated carbocycles. The van der Waals surface area contributed by atoms with Gasteiger partial charge in [-0.2, -0.15) is 18.4 Å². The Labute approximate surface area is 151 Å². The zero-order valence-corrected chi connectivity index (χ0v) is 13.5. The molecule has 0 radical (unpaired) electrons. The molecule has 9 heteroatoms. The van der Waals surface area contributed by atoms with Crippen molar-refractivity contribution in [3.05, 3.63) is 71.4 Å². The maximum atomic E-state index is 12.7. The molecule has 3 N–H and O–H groups in total. The zero-order chi connectivity index (χ0) is 20.0. The lowest BCUT2D eigenvalue weighted by atomic mass is 10.2. The molecule has 2 rings (SSSR count). The van der Waals surface area contributed by atoms with Crippen LogP contribution in [0.15, 0.2) is 60.3 Å². The number of carbonyl (C=O) groups is 2. The number of nitrogens with zero attached hydrogens (tertiary/aromatic N) is 1. The van der Waals surface area contributed by atoms with Crippen molar-refractivity contribution in [3.8, 4) is 6.07 Å². The maximum Gasteiger partial charge on any atom is 0.416 e. The van der Waals surface area contributed by atoms with Crippen molar-refractivity contribution in [3.63, 3.8) is 0 Å². The van der Waals surface area contributed by atoms with E-state index in [0.29, 0.717) is 5.69 Å². The fourth-order valence-corrected chi connectivity index (χ4v) is 1.98. The first-order valence-corrected chi connectivity index (χ1v) is 7.39. The Morgan fingerprint density at radius 3 is 2.30 bits per heavy atom. The van der Waals surface area contributed by atoms with Gasteiger partial charge >= 0.3 is 12.1 Å². The van der Waals surface area contributed by atoms with Crippen molar-refractivity contribution in [2.45, 2.75) is 6.18 Å². The molecule has 2 aromatic rings. The average Bonchev–Trinajstić information content (AvgIpc) is 2.62. The number of benzene rings is 2. The van der Waals surface area contributed by atoms with Gasteiger partial charge in [0.25, 0.3) is 5.91 Å². The third-order valence-electron chi connectivity index (χ3n) is 3.33. The van der Waals surface area contributed by atoms with Crippen LogP contribution in [-0.4, -0.2) is 17.0 Å². The smallest absolute Gasteiger partial charge is 0.416 e. The Balaban J connectivity index is 2.10. The fraction of sp³-hybridized carbons (Fsp3) is 0.0556. The summed E-state index contributed by atoms with van der Waals surface area (Å²) >= 11 is 0. The van der Waals surface area contributed by atoms with E-state index < -0.39 is 23.6 Å². The highest BCUT2D eigenvalue weighted by Gasteiger charge is 2.30. The summed E-state index contributed by atoms with van der Waals surface area (Å²) in [4.78, 5) is 22.8. The van der Waals surface area contributed by atoms with Crippen molar-refractivity contribution in [2.24, 2.45) is 0 Å². The number of halogens is 3. The Morgan fingerprint density at radius 1 is 1.07 bits per heavy atom. The third-order valence-corrected chi connectivity index (χ3v) is 3.33. The van der Waals surface area contributed by atoms with E-state index in [0.717, 1.165) is 24.4 Å². The largest absolute Gasteiger partial charge is 0.478 e.